The number of hydrogen-bond acceptors (Lipinski definition) is 4. The number of ether oxygens (including phenoxy) is 1. The molecule has 1 aliphatic rings. The summed E-state index contributed by atoms with van der Waals surface area (Å²) in [5.41, 5.74) is 0.936. The number of sulfonamides is 1. The Hall–Kier alpha value is -1.56. The summed E-state index contributed by atoms with van der Waals surface area (Å²) in [4.78, 5) is 2.51. The largest absolute Gasteiger partial charge is 0.494 e. The van der Waals surface area contributed by atoms with Crippen molar-refractivity contribution in [1.29, 1.82) is 0 Å². The zero-order chi connectivity index (χ0) is 14.4. The van der Waals surface area contributed by atoms with Gasteiger partial charge in [0.1, 0.15) is 5.75 Å². The topological polar surface area (TPSA) is 67.8 Å². The zero-order valence-electron chi connectivity index (χ0n) is 11.6. The first-order valence-corrected chi connectivity index (χ1v) is 8.40. The second-order valence-electron chi connectivity index (χ2n) is 4.74. The van der Waals surface area contributed by atoms with E-state index in [1.807, 2.05) is 6.92 Å². The fraction of sp³-hybridized carbons (Fsp3) is 0.500. The normalized spacial score (nSPS) is 15.8. The highest BCUT2D eigenvalue weighted by molar-refractivity contribution is 7.89. The van der Waals surface area contributed by atoms with Crippen LogP contribution in [0.15, 0.2) is 34.3 Å². The first-order valence-electron chi connectivity index (χ1n) is 6.92. The summed E-state index contributed by atoms with van der Waals surface area (Å²) >= 11 is 0. The Morgan fingerprint density at radius 2 is 1.80 bits per heavy atom. The van der Waals surface area contributed by atoms with Crippen LogP contribution in [0.2, 0.25) is 0 Å². The minimum absolute atomic E-state index is 0.195. The molecule has 0 radical (unpaired) electrons. The molecule has 0 aromatic heterocycles. The second-order valence-corrected chi connectivity index (χ2v) is 6.40. The molecular formula is C14H20N2O3S. The van der Waals surface area contributed by atoms with Gasteiger partial charge in [-0.3, -0.25) is 0 Å². The van der Waals surface area contributed by atoms with Crippen molar-refractivity contribution in [1.82, 2.24) is 4.83 Å². The Balaban J connectivity index is 2.05. The van der Waals surface area contributed by atoms with Crippen LogP contribution >= 0.6 is 0 Å². The van der Waals surface area contributed by atoms with Gasteiger partial charge in [0.2, 0.25) is 0 Å². The predicted octanol–water partition coefficient (Wildman–Crippen LogP) is 2.68. The summed E-state index contributed by atoms with van der Waals surface area (Å²) in [6.45, 7) is 2.44. The summed E-state index contributed by atoms with van der Waals surface area (Å²) in [7, 11) is -3.58. The molecule has 0 atom stereocenters. The third-order valence-electron chi connectivity index (χ3n) is 3.20. The molecule has 1 aromatic carbocycles. The first kappa shape index (κ1) is 14.8. The van der Waals surface area contributed by atoms with Crippen LogP contribution in [0.4, 0.5) is 0 Å². The van der Waals surface area contributed by atoms with Crippen LogP contribution in [0.25, 0.3) is 0 Å². The van der Waals surface area contributed by atoms with Gasteiger partial charge in [0, 0.05) is 5.71 Å². The van der Waals surface area contributed by atoms with Crippen molar-refractivity contribution >= 4 is 15.7 Å². The maximum atomic E-state index is 12.1. The van der Waals surface area contributed by atoms with Gasteiger partial charge in [-0.05, 0) is 56.9 Å². The second kappa shape index (κ2) is 6.74. The quantitative estimate of drug-likeness (QED) is 0.849. The number of benzene rings is 1. The van der Waals surface area contributed by atoms with Crippen LogP contribution in [0.5, 0.6) is 5.75 Å². The molecular weight excluding hydrogens is 276 g/mol. The molecule has 5 nitrogen and oxygen atoms in total. The molecule has 0 unspecified atom stereocenters. The molecule has 1 saturated carbocycles. The van der Waals surface area contributed by atoms with Gasteiger partial charge in [-0.1, -0.05) is 6.42 Å². The average molecular weight is 296 g/mol. The number of rotatable bonds is 5. The summed E-state index contributed by atoms with van der Waals surface area (Å²) in [5, 5.41) is 4.04. The number of nitrogens with zero attached hydrogens (tertiary/aromatic N) is 1. The maximum Gasteiger partial charge on any atom is 0.276 e. The minimum Gasteiger partial charge on any atom is -0.494 e. The Bertz CT molecular complexity index is 557. The fourth-order valence-electron chi connectivity index (χ4n) is 2.13. The molecule has 1 fully saturated rings. The highest BCUT2D eigenvalue weighted by atomic mass is 32.2. The molecule has 0 amide bonds. The van der Waals surface area contributed by atoms with Gasteiger partial charge in [0.15, 0.2) is 0 Å². The van der Waals surface area contributed by atoms with E-state index >= 15 is 0 Å². The lowest BCUT2D eigenvalue weighted by Crippen LogP contribution is -2.21. The first-order chi connectivity index (χ1) is 9.62. The summed E-state index contributed by atoms with van der Waals surface area (Å²) < 4.78 is 29.5. The molecule has 20 heavy (non-hydrogen) atoms. The molecule has 0 bridgehead atoms. The molecule has 0 aliphatic heterocycles. The summed E-state index contributed by atoms with van der Waals surface area (Å²) in [5.74, 6) is 0.657. The third kappa shape index (κ3) is 3.96. The van der Waals surface area contributed by atoms with Crippen molar-refractivity contribution in [2.75, 3.05) is 6.61 Å². The summed E-state index contributed by atoms with van der Waals surface area (Å²) in [6.07, 6.45) is 5.13. The van der Waals surface area contributed by atoms with E-state index in [9.17, 15) is 8.42 Å². The molecule has 1 aliphatic carbocycles. The van der Waals surface area contributed by atoms with Crippen LogP contribution < -0.4 is 9.57 Å². The van der Waals surface area contributed by atoms with Crippen LogP contribution in [0.3, 0.4) is 0 Å². The molecule has 0 heterocycles. The lowest BCUT2D eigenvalue weighted by Gasteiger charge is -2.12. The Morgan fingerprint density at radius 3 is 2.40 bits per heavy atom. The van der Waals surface area contributed by atoms with Crippen LogP contribution in [-0.4, -0.2) is 20.7 Å². The van der Waals surface area contributed by atoms with Crippen molar-refractivity contribution in [2.24, 2.45) is 5.10 Å². The van der Waals surface area contributed by atoms with Gasteiger partial charge in [0.05, 0.1) is 11.5 Å². The van der Waals surface area contributed by atoms with Crippen molar-refractivity contribution in [3.63, 3.8) is 0 Å². The SMILES string of the molecule is CCOc1ccc(S(=O)(=O)NN=C2CCCCC2)cc1. The van der Waals surface area contributed by atoms with E-state index < -0.39 is 10.0 Å². The minimum atomic E-state index is -3.58. The maximum absolute atomic E-state index is 12.1. The lowest BCUT2D eigenvalue weighted by atomic mass is 9.99. The van der Waals surface area contributed by atoms with Gasteiger partial charge in [-0.2, -0.15) is 13.5 Å². The third-order valence-corrected chi connectivity index (χ3v) is 4.42. The standard InChI is InChI=1S/C14H20N2O3S/c1-2-19-13-8-10-14(11-9-13)20(17,18)16-15-12-6-4-3-5-7-12/h8-11,16H,2-7H2,1H3. The van der Waals surface area contributed by atoms with Crippen LogP contribution in [0, 0.1) is 0 Å². The summed E-state index contributed by atoms with van der Waals surface area (Å²) in [6, 6.07) is 6.33. The van der Waals surface area contributed by atoms with Gasteiger partial charge in [0.25, 0.3) is 10.0 Å². The Labute approximate surface area is 120 Å². The monoisotopic (exact) mass is 296 g/mol. The lowest BCUT2D eigenvalue weighted by molar-refractivity contribution is 0.340. The molecule has 0 spiro atoms. The number of nitrogens with one attached hydrogen (secondary N) is 1. The van der Waals surface area contributed by atoms with Gasteiger partial charge in [-0.15, -0.1) is 0 Å². The van der Waals surface area contributed by atoms with Crippen molar-refractivity contribution in [2.45, 2.75) is 43.9 Å². The predicted molar refractivity (Wildman–Crippen MR) is 78.5 cm³/mol. The van der Waals surface area contributed by atoms with E-state index in [1.165, 1.54) is 18.6 Å². The van der Waals surface area contributed by atoms with E-state index in [1.54, 1.807) is 12.1 Å². The molecule has 1 aromatic rings. The zero-order valence-corrected chi connectivity index (χ0v) is 12.4. The smallest absolute Gasteiger partial charge is 0.276 e. The van der Waals surface area contributed by atoms with Gasteiger partial charge >= 0.3 is 0 Å². The number of hydrogen-bond donors (Lipinski definition) is 1. The molecule has 6 heteroatoms. The van der Waals surface area contributed by atoms with E-state index in [4.69, 9.17) is 4.74 Å². The van der Waals surface area contributed by atoms with Crippen molar-refractivity contribution in [3.8, 4) is 5.75 Å². The molecule has 110 valence electrons. The average Bonchev–Trinajstić information content (AvgIpc) is 2.47. The Morgan fingerprint density at radius 1 is 1.15 bits per heavy atom. The molecule has 2 rings (SSSR count). The Kier molecular flexibility index (Phi) is 5.00. The van der Waals surface area contributed by atoms with E-state index in [0.29, 0.717) is 12.4 Å². The molecule has 0 saturated heterocycles. The van der Waals surface area contributed by atoms with Crippen LogP contribution in [0.1, 0.15) is 39.0 Å². The number of hydrazone groups is 1. The highest BCUT2D eigenvalue weighted by Crippen LogP contribution is 2.17. The van der Waals surface area contributed by atoms with Crippen molar-refractivity contribution < 1.29 is 13.2 Å². The molecule has 1 N–H and O–H groups in total. The van der Waals surface area contributed by atoms with Gasteiger partial charge in [-0.25, -0.2) is 4.83 Å². The van der Waals surface area contributed by atoms with Gasteiger partial charge < -0.3 is 4.74 Å². The van der Waals surface area contributed by atoms with E-state index in [-0.39, 0.29) is 4.90 Å². The van der Waals surface area contributed by atoms with Crippen molar-refractivity contribution in [3.05, 3.63) is 24.3 Å². The van der Waals surface area contributed by atoms with E-state index in [0.717, 1.165) is 31.4 Å². The van der Waals surface area contributed by atoms with E-state index in [2.05, 4.69) is 9.93 Å². The fourth-order valence-corrected chi connectivity index (χ4v) is 2.98. The van der Waals surface area contributed by atoms with Crippen LogP contribution in [-0.2, 0) is 10.0 Å². The highest BCUT2D eigenvalue weighted by Gasteiger charge is 2.14.